The summed E-state index contributed by atoms with van der Waals surface area (Å²) in [5.41, 5.74) is 0.452. The van der Waals surface area contributed by atoms with Gasteiger partial charge in [-0.3, -0.25) is 14.3 Å². The lowest BCUT2D eigenvalue weighted by molar-refractivity contribution is -0.120. The van der Waals surface area contributed by atoms with E-state index in [0.717, 1.165) is 6.26 Å². The van der Waals surface area contributed by atoms with Crippen LogP contribution in [0, 0.1) is 0 Å². The predicted octanol–water partition coefficient (Wildman–Crippen LogP) is -0.0190. The number of Topliss-reactive ketones (excluding diaryl/α,β-unsaturated/α-hetero) is 1. The Bertz CT molecular complexity index is 737. The molecule has 1 aromatic carbocycles. The Kier molecular flexibility index (Phi) is 4.48. The van der Waals surface area contributed by atoms with Gasteiger partial charge in [-0.15, -0.1) is 0 Å². The van der Waals surface area contributed by atoms with E-state index in [0.29, 0.717) is 11.4 Å². The first kappa shape index (κ1) is 16.0. The molecule has 0 saturated carbocycles. The van der Waals surface area contributed by atoms with Crippen molar-refractivity contribution in [1.29, 1.82) is 0 Å². The Hall–Kier alpha value is -2.39. The molecule has 2 rings (SSSR count). The zero-order valence-corrected chi connectivity index (χ0v) is 12.5. The van der Waals surface area contributed by atoms with Gasteiger partial charge < -0.3 is 15.7 Å². The van der Waals surface area contributed by atoms with E-state index in [4.69, 9.17) is 0 Å². The zero-order chi connectivity index (χ0) is 16.3. The maximum Gasteiger partial charge on any atom is 0.262 e. The number of nitrogens with one attached hydrogen (secondary N) is 3. The monoisotopic (exact) mass is 325 g/mol. The Balaban J connectivity index is 2.11. The van der Waals surface area contributed by atoms with Crippen LogP contribution < -0.4 is 15.4 Å². The third kappa shape index (κ3) is 4.06. The maximum atomic E-state index is 12.0. The Morgan fingerprint density at radius 1 is 1.18 bits per heavy atom. The third-order valence-electron chi connectivity index (χ3n) is 2.82. The number of carbonyl (C=O) groups is 2. The fourth-order valence-electron chi connectivity index (χ4n) is 1.92. The van der Waals surface area contributed by atoms with Gasteiger partial charge in [0.1, 0.15) is 11.3 Å². The molecule has 22 heavy (non-hydrogen) atoms. The van der Waals surface area contributed by atoms with Crippen molar-refractivity contribution >= 4 is 33.1 Å². The normalized spacial score (nSPS) is 15.6. The van der Waals surface area contributed by atoms with Crippen molar-refractivity contribution in [2.75, 3.05) is 29.4 Å². The van der Waals surface area contributed by atoms with Gasteiger partial charge in [-0.2, -0.15) is 0 Å². The Morgan fingerprint density at radius 3 is 2.32 bits per heavy atom. The summed E-state index contributed by atoms with van der Waals surface area (Å²) >= 11 is 0. The van der Waals surface area contributed by atoms with E-state index in [1.807, 2.05) is 0 Å². The number of aliphatic hydroxyl groups excluding tert-OH is 1. The van der Waals surface area contributed by atoms with Gasteiger partial charge in [0, 0.05) is 11.4 Å². The minimum absolute atomic E-state index is 0.00989. The van der Waals surface area contributed by atoms with Crippen LogP contribution in [0.3, 0.4) is 0 Å². The van der Waals surface area contributed by atoms with Crippen LogP contribution in [0.1, 0.15) is 0 Å². The molecule has 0 spiro atoms. The summed E-state index contributed by atoms with van der Waals surface area (Å²) < 4.78 is 24.5. The summed E-state index contributed by atoms with van der Waals surface area (Å²) in [6, 6.07) is 5.90. The van der Waals surface area contributed by atoms with E-state index in [1.54, 1.807) is 0 Å². The highest BCUT2D eigenvalue weighted by Crippen LogP contribution is 2.16. The third-order valence-corrected chi connectivity index (χ3v) is 3.42. The second kappa shape index (κ2) is 6.16. The highest BCUT2D eigenvalue weighted by Gasteiger charge is 2.26. The number of hydrogen-bond acceptors (Lipinski definition) is 6. The molecule has 9 heteroatoms. The quantitative estimate of drug-likeness (QED) is 0.577. The van der Waals surface area contributed by atoms with Gasteiger partial charge >= 0.3 is 0 Å². The molecule has 0 fully saturated rings. The average molecular weight is 325 g/mol. The standard InChI is InChI=1S/C13H15N3O5S/c1-22(20,21)16-9-4-2-8(3-5-9)15-13(19)12-10(17)6-14-7-11(12)18/h2-5,14,16-17H,6-7H2,1H3,(H,15,19). The fraction of sp³-hybridized carbons (Fsp3) is 0.231. The van der Waals surface area contributed by atoms with E-state index in [9.17, 15) is 23.1 Å². The van der Waals surface area contributed by atoms with Crippen molar-refractivity contribution in [3.05, 3.63) is 35.6 Å². The molecule has 1 aliphatic heterocycles. The van der Waals surface area contributed by atoms with Crippen molar-refractivity contribution in [2.45, 2.75) is 0 Å². The molecular weight excluding hydrogens is 310 g/mol. The summed E-state index contributed by atoms with van der Waals surface area (Å²) in [7, 11) is -3.37. The number of benzene rings is 1. The number of sulfonamides is 1. The number of hydrogen-bond donors (Lipinski definition) is 4. The Labute approximate surface area is 127 Å². The maximum absolute atomic E-state index is 12.0. The van der Waals surface area contributed by atoms with E-state index in [2.05, 4.69) is 15.4 Å². The van der Waals surface area contributed by atoms with E-state index >= 15 is 0 Å². The molecule has 1 amide bonds. The van der Waals surface area contributed by atoms with E-state index in [-0.39, 0.29) is 24.4 Å². The number of amides is 1. The first-order chi connectivity index (χ1) is 10.3. The summed E-state index contributed by atoms with van der Waals surface area (Å²) in [6.07, 6.45) is 1.03. The summed E-state index contributed by atoms with van der Waals surface area (Å²) in [5, 5.41) is 14.8. The fourth-order valence-corrected chi connectivity index (χ4v) is 2.48. The van der Waals surface area contributed by atoms with Crippen molar-refractivity contribution in [3.63, 3.8) is 0 Å². The number of aliphatic hydroxyl groups is 1. The second-order valence-corrected chi connectivity index (χ2v) is 6.50. The smallest absolute Gasteiger partial charge is 0.262 e. The molecule has 1 aliphatic rings. The van der Waals surface area contributed by atoms with Gasteiger partial charge in [0.05, 0.1) is 19.3 Å². The molecule has 0 bridgehead atoms. The molecule has 8 nitrogen and oxygen atoms in total. The van der Waals surface area contributed by atoms with Crippen LogP contribution in [-0.4, -0.2) is 44.6 Å². The molecular formula is C13H15N3O5S. The number of carbonyl (C=O) groups excluding carboxylic acids is 2. The van der Waals surface area contributed by atoms with Gasteiger partial charge in [0.25, 0.3) is 5.91 Å². The van der Waals surface area contributed by atoms with Crippen LogP contribution in [0.15, 0.2) is 35.6 Å². The highest BCUT2D eigenvalue weighted by atomic mass is 32.2. The zero-order valence-electron chi connectivity index (χ0n) is 11.7. The molecule has 118 valence electrons. The van der Waals surface area contributed by atoms with Crippen LogP contribution >= 0.6 is 0 Å². The summed E-state index contributed by atoms with van der Waals surface area (Å²) in [6.45, 7) is 0.0513. The molecule has 0 atom stereocenters. The van der Waals surface area contributed by atoms with Gasteiger partial charge in [-0.1, -0.05) is 0 Å². The van der Waals surface area contributed by atoms with Gasteiger partial charge in [-0.25, -0.2) is 8.42 Å². The Morgan fingerprint density at radius 2 is 1.77 bits per heavy atom. The number of anilines is 2. The minimum Gasteiger partial charge on any atom is -0.510 e. The van der Waals surface area contributed by atoms with Crippen molar-refractivity contribution in [1.82, 2.24) is 5.32 Å². The minimum atomic E-state index is -3.37. The SMILES string of the molecule is CS(=O)(=O)Nc1ccc(NC(=O)C2=C(O)CNCC2=O)cc1. The van der Waals surface area contributed by atoms with Gasteiger partial charge in [-0.05, 0) is 24.3 Å². The summed E-state index contributed by atoms with van der Waals surface area (Å²) in [4.78, 5) is 23.6. The van der Waals surface area contributed by atoms with Crippen molar-refractivity contribution < 1.29 is 23.1 Å². The lowest BCUT2D eigenvalue weighted by Gasteiger charge is -2.16. The average Bonchev–Trinajstić information content (AvgIpc) is 2.39. The molecule has 0 aliphatic carbocycles. The highest BCUT2D eigenvalue weighted by molar-refractivity contribution is 7.92. The molecule has 0 unspecified atom stereocenters. The van der Waals surface area contributed by atoms with Crippen LogP contribution in [0.5, 0.6) is 0 Å². The van der Waals surface area contributed by atoms with E-state index in [1.165, 1.54) is 24.3 Å². The van der Waals surface area contributed by atoms with Gasteiger partial charge in [0.2, 0.25) is 10.0 Å². The van der Waals surface area contributed by atoms with Crippen LogP contribution in [0.4, 0.5) is 11.4 Å². The largest absolute Gasteiger partial charge is 0.510 e. The molecule has 1 aromatic rings. The van der Waals surface area contributed by atoms with E-state index < -0.39 is 21.7 Å². The van der Waals surface area contributed by atoms with Gasteiger partial charge in [0.15, 0.2) is 5.78 Å². The molecule has 4 N–H and O–H groups in total. The topological polar surface area (TPSA) is 125 Å². The molecule has 1 heterocycles. The summed E-state index contributed by atoms with van der Waals surface area (Å²) in [5.74, 6) is -1.49. The van der Waals surface area contributed by atoms with Crippen molar-refractivity contribution in [3.8, 4) is 0 Å². The van der Waals surface area contributed by atoms with Crippen molar-refractivity contribution in [2.24, 2.45) is 0 Å². The lowest BCUT2D eigenvalue weighted by Crippen LogP contribution is -2.37. The molecule has 0 saturated heterocycles. The second-order valence-electron chi connectivity index (χ2n) is 4.75. The van der Waals surface area contributed by atoms with Crippen LogP contribution in [-0.2, 0) is 19.6 Å². The van der Waals surface area contributed by atoms with Crippen LogP contribution in [0.2, 0.25) is 0 Å². The first-order valence-corrected chi connectivity index (χ1v) is 8.20. The molecule has 0 aromatic heterocycles. The first-order valence-electron chi connectivity index (χ1n) is 6.31. The number of rotatable bonds is 4. The molecule has 0 radical (unpaired) electrons. The van der Waals surface area contributed by atoms with Crippen LogP contribution in [0.25, 0.3) is 0 Å². The lowest BCUT2D eigenvalue weighted by atomic mass is 10.1. The predicted molar refractivity (Wildman–Crippen MR) is 81.1 cm³/mol. The number of ketones is 1.